The Bertz CT molecular complexity index is 555. The second-order valence-electron chi connectivity index (χ2n) is 4.93. The van der Waals surface area contributed by atoms with E-state index in [4.69, 9.17) is 0 Å². The fourth-order valence-electron chi connectivity index (χ4n) is 2.14. The third kappa shape index (κ3) is 4.20. The molecule has 0 fully saturated rings. The molecule has 20 heavy (non-hydrogen) atoms. The average Bonchev–Trinajstić information content (AvgIpc) is 2.53. The Morgan fingerprint density at radius 3 is 2.20 bits per heavy atom. The standard InChI is InChI=1S/C19H20O/c1-2-16(13-14-17-9-5-3-6-10-17)15-19(20)18-11-7-4-8-12-18/h3-14,16H,2,15H2,1H3/b14-13+/t16-/m0/s1. The second-order valence-corrected chi connectivity index (χ2v) is 4.93. The van der Waals surface area contributed by atoms with E-state index in [1.165, 1.54) is 5.56 Å². The summed E-state index contributed by atoms with van der Waals surface area (Å²) >= 11 is 0. The van der Waals surface area contributed by atoms with E-state index in [1.807, 2.05) is 48.5 Å². The zero-order valence-electron chi connectivity index (χ0n) is 11.8. The Kier molecular flexibility index (Phi) is 5.31. The normalized spacial score (nSPS) is 12.4. The zero-order chi connectivity index (χ0) is 14.2. The first-order valence-corrected chi connectivity index (χ1v) is 7.11. The minimum absolute atomic E-state index is 0.218. The monoisotopic (exact) mass is 264 g/mol. The molecule has 0 aromatic heterocycles. The summed E-state index contributed by atoms with van der Waals surface area (Å²) in [5.41, 5.74) is 1.98. The number of allylic oxidation sites excluding steroid dienone is 1. The predicted molar refractivity (Wildman–Crippen MR) is 84.6 cm³/mol. The SMILES string of the molecule is CC[C@@H](/C=C/c1ccccc1)CC(=O)c1ccccc1. The molecule has 0 N–H and O–H groups in total. The molecule has 0 bridgehead atoms. The van der Waals surface area contributed by atoms with Crippen LogP contribution in [-0.4, -0.2) is 5.78 Å². The summed E-state index contributed by atoms with van der Waals surface area (Å²) in [6.07, 6.45) is 5.80. The van der Waals surface area contributed by atoms with Crippen molar-refractivity contribution in [1.82, 2.24) is 0 Å². The van der Waals surface area contributed by atoms with Crippen molar-refractivity contribution in [2.45, 2.75) is 19.8 Å². The molecule has 0 amide bonds. The Hall–Kier alpha value is -2.15. The first-order valence-electron chi connectivity index (χ1n) is 7.11. The lowest BCUT2D eigenvalue weighted by atomic mass is 9.95. The summed E-state index contributed by atoms with van der Waals surface area (Å²) in [5.74, 6) is 0.512. The number of Topliss-reactive ketones (excluding diaryl/α,β-unsaturated/α-hetero) is 1. The van der Waals surface area contributed by atoms with E-state index in [0.717, 1.165) is 12.0 Å². The number of carbonyl (C=O) groups is 1. The fourth-order valence-corrected chi connectivity index (χ4v) is 2.14. The highest BCUT2D eigenvalue weighted by molar-refractivity contribution is 5.96. The van der Waals surface area contributed by atoms with Crippen molar-refractivity contribution in [2.24, 2.45) is 5.92 Å². The van der Waals surface area contributed by atoms with Gasteiger partial charge in [-0.2, -0.15) is 0 Å². The average molecular weight is 264 g/mol. The van der Waals surface area contributed by atoms with Crippen molar-refractivity contribution in [3.8, 4) is 0 Å². The molecular formula is C19H20O. The summed E-state index contributed by atoms with van der Waals surface area (Å²) in [5, 5.41) is 0. The molecule has 0 aliphatic rings. The second kappa shape index (κ2) is 7.44. The highest BCUT2D eigenvalue weighted by atomic mass is 16.1. The van der Waals surface area contributed by atoms with Crippen LogP contribution in [-0.2, 0) is 0 Å². The van der Waals surface area contributed by atoms with E-state index in [2.05, 4.69) is 31.2 Å². The van der Waals surface area contributed by atoms with Gasteiger partial charge in [-0.3, -0.25) is 4.79 Å². The molecule has 0 saturated heterocycles. The summed E-state index contributed by atoms with van der Waals surface area (Å²) in [7, 11) is 0. The molecule has 0 unspecified atom stereocenters. The van der Waals surface area contributed by atoms with Crippen LogP contribution in [0.25, 0.3) is 6.08 Å². The molecular weight excluding hydrogens is 244 g/mol. The van der Waals surface area contributed by atoms with Gasteiger partial charge in [-0.05, 0) is 17.9 Å². The van der Waals surface area contributed by atoms with Crippen molar-refractivity contribution >= 4 is 11.9 Å². The molecule has 0 aliphatic carbocycles. The number of hydrogen-bond donors (Lipinski definition) is 0. The lowest BCUT2D eigenvalue weighted by Gasteiger charge is -2.09. The molecule has 2 aromatic rings. The fraction of sp³-hybridized carbons (Fsp3) is 0.211. The highest BCUT2D eigenvalue weighted by Gasteiger charge is 2.10. The van der Waals surface area contributed by atoms with Gasteiger partial charge in [0.2, 0.25) is 0 Å². The predicted octanol–water partition coefficient (Wildman–Crippen LogP) is 5.00. The Morgan fingerprint density at radius 2 is 1.60 bits per heavy atom. The number of ketones is 1. The summed E-state index contributed by atoms with van der Waals surface area (Å²) < 4.78 is 0. The van der Waals surface area contributed by atoms with Gasteiger partial charge in [-0.15, -0.1) is 0 Å². The van der Waals surface area contributed by atoms with E-state index < -0.39 is 0 Å². The molecule has 0 heterocycles. The molecule has 2 aromatic carbocycles. The van der Waals surface area contributed by atoms with Crippen LogP contribution in [0.2, 0.25) is 0 Å². The van der Waals surface area contributed by atoms with Crippen molar-refractivity contribution in [3.63, 3.8) is 0 Å². The first-order chi connectivity index (χ1) is 9.79. The minimum atomic E-state index is 0.218. The van der Waals surface area contributed by atoms with Crippen molar-refractivity contribution in [1.29, 1.82) is 0 Å². The maximum atomic E-state index is 12.2. The molecule has 0 radical (unpaired) electrons. The van der Waals surface area contributed by atoms with E-state index in [9.17, 15) is 4.79 Å². The Balaban J connectivity index is 1.99. The van der Waals surface area contributed by atoms with Crippen LogP contribution < -0.4 is 0 Å². The molecule has 1 atom stereocenters. The van der Waals surface area contributed by atoms with Gasteiger partial charge in [-0.1, -0.05) is 79.7 Å². The van der Waals surface area contributed by atoms with Gasteiger partial charge in [0, 0.05) is 12.0 Å². The van der Waals surface area contributed by atoms with Crippen LogP contribution in [0.5, 0.6) is 0 Å². The maximum absolute atomic E-state index is 12.2. The van der Waals surface area contributed by atoms with Crippen molar-refractivity contribution in [2.75, 3.05) is 0 Å². The molecule has 0 spiro atoms. The van der Waals surface area contributed by atoms with Crippen LogP contribution in [0.4, 0.5) is 0 Å². The van der Waals surface area contributed by atoms with Gasteiger partial charge in [0.1, 0.15) is 0 Å². The summed E-state index contributed by atoms with van der Waals surface area (Å²) in [6.45, 7) is 2.12. The minimum Gasteiger partial charge on any atom is -0.294 e. The molecule has 1 heteroatoms. The molecule has 2 rings (SSSR count). The summed E-state index contributed by atoms with van der Waals surface area (Å²) in [6, 6.07) is 19.7. The van der Waals surface area contributed by atoms with Crippen LogP contribution in [0.3, 0.4) is 0 Å². The van der Waals surface area contributed by atoms with E-state index in [1.54, 1.807) is 0 Å². The summed E-state index contributed by atoms with van der Waals surface area (Å²) in [4.78, 5) is 12.2. The number of hydrogen-bond acceptors (Lipinski definition) is 1. The zero-order valence-corrected chi connectivity index (χ0v) is 11.8. The molecule has 0 saturated carbocycles. The lowest BCUT2D eigenvalue weighted by Crippen LogP contribution is -2.06. The van der Waals surface area contributed by atoms with Gasteiger partial charge in [0.15, 0.2) is 5.78 Å². The number of rotatable bonds is 6. The van der Waals surface area contributed by atoms with Crippen molar-refractivity contribution < 1.29 is 4.79 Å². The van der Waals surface area contributed by atoms with Gasteiger partial charge in [0.25, 0.3) is 0 Å². The molecule has 102 valence electrons. The van der Waals surface area contributed by atoms with Crippen molar-refractivity contribution in [3.05, 3.63) is 77.9 Å². The van der Waals surface area contributed by atoms with Crippen LogP contribution in [0, 0.1) is 5.92 Å². The topological polar surface area (TPSA) is 17.1 Å². The first kappa shape index (κ1) is 14.3. The van der Waals surface area contributed by atoms with Crippen LogP contribution >= 0.6 is 0 Å². The molecule has 0 aliphatic heterocycles. The smallest absolute Gasteiger partial charge is 0.163 e. The third-order valence-corrected chi connectivity index (χ3v) is 3.43. The van der Waals surface area contributed by atoms with E-state index in [0.29, 0.717) is 12.3 Å². The van der Waals surface area contributed by atoms with Gasteiger partial charge in [0.05, 0.1) is 0 Å². The van der Waals surface area contributed by atoms with Gasteiger partial charge >= 0.3 is 0 Å². The van der Waals surface area contributed by atoms with Gasteiger partial charge in [-0.25, -0.2) is 0 Å². The largest absolute Gasteiger partial charge is 0.294 e. The van der Waals surface area contributed by atoms with Gasteiger partial charge < -0.3 is 0 Å². The van der Waals surface area contributed by atoms with Crippen LogP contribution in [0.15, 0.2) is 66.7 Å². The highest BCUT2D eigenvalue weighted by Crippen LogP contribution is 2.16. The quantitative estimate of drug-likeness (QED) is 0.671. The maximum Gasteiger partial charge on any atom is 0.163 e. The lowest BCUT2D eigenvalue weighted by molar-refractivity contribution is 0.0968. The van der Waals surface area contributed by atoms with E-state index >= 15 is 0 Å². The van der Waals surface area contributed by atoms with E-state index in [-0.39, 0.29) is 5.78 Å². The number of carbonyl (C=O) groups excluding carboxylic acids is 1. The Morgan fingerprint density at radius 1 is 1.00 bits per heavy atom. The third-order valence-electron chi connectivity index (χ3n) is 3.43. The molecule has 1 nitrogen and oxygen atoms in total. The van der Waals surface area contributed by atoms with Crippen LogP contribution in [0.1, 0.15) is 35.7 Å². The Labute approximate surface area is 121 Å². The number of benzene rings is 2.